The van der Waals surface area contributed by atoms with Crippen LogP contribution >= 0.6 is 0 Å². The number of para-hydroxylation sites is 1. The summed E-state index contributed by atoms with van der Waals surface area (Å²) in [6.45, 7) is 3.15. The quantitative estimate of drug-likeness (QED) is 0.656. The van der Waals surface area contributed by atoms with Gasteiger partial charge in [0.15, 0.2) is 0 Å². The van der Waals surface area contributed by atoms with Crippen LogP contribution in [0.1, 0.15) is 24.5 Å². The van der Waals surface area contributed by atoms with Gasteiger partial charge in [-0.25, -0.2) is 4.68 Å². The molecule has 1 aliphatic heterocycles. The van der Waals surface area contributed by atoms with Gasteiger partial charge >= 0.3 is 0 Å². The Kier molecular flexibility index (Phi) is 5.93. The van der Waals surface area contributed by atoms with E-state index < -0.39 is 0 Å². The molecule has 2 amide bonds. The number of carbonyl (C=O) groups excluding carboxylic acids is 2. The number of hydrogen-bond acceptors (Lipinski definition) is 3. The predicted molar refractivity (Wildman–Crippen MR) is 117 cm³/mol. The molecule has 0 saturated carbocycles. The summed E-state index contributed by atoms with van der Waals surface area (Å²) in [5.41, 5.74) is 3.25. The van der Waals surface area contributed by atoms with E-state index in [-0.39, 0.29) is 24.2 Å². The smallest absolute Gasteiger partial charge is 0.230 e. The lowest BCUT2D eigenvalue weighted by Crippen LogP contribution is -2.29. The molecule has 1 unspecified atom stereocenters. The molecule has 2 heterocycles. The zero-order valence-electron chi connectivity index (χ0n) is 17.1. The molecule has 1 N–H and O–H groups in total. The summed E-state index contributed by atoms with van der Waals surface area (Å²) in [6.07, 6.45) is 3.58. The highest BCUT2D eigenvalue weighted by Gasteiger charge is 2.36. The number of rotatable bonds is 7. The SMILES string of the molecule is CCc1ccccc1N1CC(C(=O)Nc2ccnn2CCc2ccccc2)CC1=O. The molecule has 1 saturated heterocycles. The van der Waals surface area contributed by atoms with Gasteiger partial charge in [0.05, 0.1) is 12.1 Å². The van der Waals surface area contributed by atoms with Crippen LogP contribution < -0.4 is 10.2 Å². The average Bonchev–Trinajstić information content (AvgIpc) is 3.39. The molecular formula is C24H26N4O2. The number of amides is 2. The van der Waals surface area contributed by atoms with Crippen molar-refractivity contribution in [1.82, 2.24) is 9.78 Å². The van der Waals surface area contributed by atoms with E-state index in [0.29, 0.717) is 18.9 Å². The van der Waals surface area contributed by atoms with Gasteiger partial charge in [0.25, 0.3) is 0 Å². The minimum atomic E-state index is -0.375. The van der Waals surface area contributed by atoms with E-state index in [0.717, 1.165) is 24.1 Å². The van der Waals surface area contributed by atoms with E-state index in [2.05, 4.69) is 29.5 Å². The Bertz CT molecular complexity index is 1030. The van der Waals surface area contributed by atoms with Crippen molar-refractivity contribution in [2.24, 2.45) is 5.92 Å². The minimum absolute atomic E-state index is 0.00589. The van der Waals surface area contributed by atoms with Crippen molar-refractivity contribution in [3.63, 3.8) is 0 Å². The van der Waals surface area contributed by atoms with E-state index in [9.17, 15) is 9.59 Å². The molecule has 6 nitrogen and oxygen atoms in total. The molecule has 0 radical (unpaired) electrons. The van der Waals surface area contributed by atoms with Gasteiger partial charge in [-0.1, -0.05) is 55.5 Å². The lowest BCUT2D eigenvalue weighted by Gasteiger charge is -2.20. The van der Waals surface area contributed by atoms with Gasteiger partial charge < -0.3 is 10.2 Å². The van der Waals surface area contributed by atoms with Crippen LogP contribution in [-0.4, -0.2) is 28.1 Å². The fraction of sp³-hybridized carbons (Fsp3) is 0.292. The summed E-state index contributed by atoms with van der Waals surface area (Å²) < 4.78 is 1.80. The number of hydrogen-bond donors (Lipinski definition) is 1. The maximum Gasteiger partial charge on any atom is 0.230 e. The van der Waals surface area contributed by atoms with E-state index >= 15 is 0 Å². The largest absolute Gasteiger partial charge is 0.311 e. The molecule has 1 aliphatic rings. The van der Waals surface area contributed by atoms with Crippen LogP contribution in [0.2, 0.25) is 0 Å². The van der Waals surface area contributed by atoms with Crippen molar-refractivity contribution in [2.75, 3.05) is 16.8 Å². The molecule has 6 heteroatoms. The van der Waals surface area contributed by atoms with Crippen LogP contribution in [-0.2, 0) is 29.0 Å². The van der Waals surface area contributed by atoms with Crippen molar-refractivity contribution in [3.8, 4) is 0 Å². The van der Waals surface area contributed by atoms with E-state index in [1.165, 1.54) is 5.56 Å². The van der Waals surface area contributed by atoms with Gasteiger partial charge in [-0.05, 0) is 30.0 Å². The number of aryl methyl sites for hydroxylation is 3. The van der Waals surface area contributed by atoms with Crippen molar-refractivity contribution in [2.45, 2.75) is 32.7 Å². The van der Waals surface area contributed by atoms with Gasteiger partial charge in [-0.15, -0.1) is 0 Å². The highest BCUT2D eigenvalue weighted by Crippen LogP contribution is 2.29. The number of carbonyl (C=O) groups is 2. The Labute approximate surface area is 176 Å². The molecule has 0 aliphatic carbocycles. The molecule has 2 aromatic carbocycles. The molecule has 4 rings (SSSR count). The first kappa shape index (κ1) is 19.9. The topological polar surface area (TPSA) is 67.2 Å². The standard InChI is InChI=1S/C24H26N4O2/c1-2-19-10-6-7-11-21(19)27-17-20(16-23(27)29)24(30)26-22-12-14-25-28(22)15-13-18-8-4-3-5-9-18/h3-12,14,20H,2,13,15-17H2,1H3,(H,26,30). The molecule has 1 atom stereocenters. The average molecular weight is 402 g/mol. The molecular weight excluding hydrogens is 376 g/mol. The minimum Gasteiger partial charge on any atom is -0.311 e. The Hall–Kier alpha value is -3.41. The second kappa shape index (κ2) is 8.95. The Balaban J connectivity index is 1.40. The van der Waals surface area contributed by atoms with Crippen molar-refractivity contribution >= 4 is 23.3 Å². The lowest BCUT2D eigenvalue weighted by molar-refractivity contribution is -0.122. The monoisotopic (exact) mass is 402 g/mol. The van der Waals surface area contributed by atoms with Crippen LogP contribution in [0.4, 0.5) is 11.5 Å². The zero-order chi connectivity index (χ0) is 20.9. The number of nitrogens with one attached hydrogen (secondary N) is 1. The highest BCUT2D eigenvalue weighted by molar-refractivity contribution is 6.03. The molecule has 0 spiro atoms. The summed E-state index contributed by atoms with van der Waals surface area (Å²) in [5, 5.41) is 7.31. The van der Waals surface area contributed by atoms with Gasteiger partial charge in [-0.2, -0.15) is 5.10 Å². The molecule has 0 bridgehead atoms. The van der Waals surface area contributed by atoms with E-state index in [1.54, 1.807) is 21.8 Å². The van der Waals surface area contributed by atoms with Crippen molar-refractivity contribution < 1.29 is 9.59 Å². The first-order chi connectivity index (χ1) is 14.7. The van der Waals surface area contributed by atoms with Crippen molar-refractivity contribution in [3.05, 3.63) is 78.0 Å². The maximum atomic E-state index is 12.9. The Morgan fingerprint density at radius 1 is 1.10 bits per heavy atom. The van der Waals surface area contributed by atoms with Gasteiger partial charge in [0.2, 0.25) is 11.8 Å². The number of aromatic nitrogens is 2. The second-order valence-electron chi connectivity index (χ2n) is 7.55. The highest BCUT2D eigenvalue weighted by atomic mass is 16.2. The van der Waals surface area contributed by atoms with Gasteiger partial charge in [0.1, 0.15) is 5.82 Å². The second-order valence-corrected chi connectivity index (χ2v) is 7.55. The number of nitrogens with zero attached hydrogens (tertiary/aromatic N) is 3. The summed E-state index contributed by atoms with van der Waals surface area (Å²) in [5.74, 6) is 0.144. The van der Waals surface area contributed by atoms with Crippen LogP contribution in [0.25, 0.3) is 0 Å². The molecule has 1 fully saturated rings. The predicted octanol–water partition coefficient (Wildman–Crippen LogP) is 3.68. The third-order valence-electron chi connectivity index (χ3n) is 5.58. The number of benzene rings is 2. The van der Waals surface area contributed by atoms with E-state index in [4.69, 9.17) is 0 Å². The summed E-state index contributed by atoms with van der Waals surface area (Å²) >= 11 is 0. The summed E-state index contributed by atoms with van der Waals surface area (Å²) in [6, 6.07) is 19.9. The van der Waals surface area contributed by atoms with E-state index in [1.807, 2.05) is 42.5 Å². The number of anilines is 2. The lowest BCUT2D eigenvalue weighted by atomic mass is 10.1. The summed E-state index contributed by atoms with van der Waals surface area (Å²) in [4.78, 5) is 27.2. The van der Waals surface area contributed by atoms with Crippen LogP contribution in [0.15, 0.2) is 66.9 Å². The molecule has 1 aromatic heterocycles. The molecule has 30 heavy (non-hydrogen) atoms. The van der Waals surface area contributed by atoms with Gasteiger partial charge in [0, 0.05) is 31.3 Å². The van der Waals surface area contributed by atoms with Crippen LogP contribution in [0, 0.1) is 5.92 Å². The summed E-state index contributed by atoms with van der Waals surface area (Å²) in [7, 11) is 0. The van der Waals surface area contributed by atoms with Crippen molar-refractivity contribution in [1.29, 1.82) is 0 Å². The van der Waals surface area contributed by atoms with Gasteiger partial charge in [-0.3, -0.25) is 9.59 Å². The molecule has 3 aromatic rings. The first-order valence-corrected chi connectivity index (χ1v) is 10.4. The third-order valence-corrected chi connectivity index (χ3v) is 5.58. The normalized spacial score (nSPS) is 16.1. The fourth-order valence-corrected chi connectivity index (χ4v) is 3.91. The Morgan fingerprint density at radius 3 is 2.67 bits per heavy atom. The zero-order valence-corrected chi connectivity index (χ0v) is 17.1. The first-order valence-electron chi connectivity index (χ1n) is 10.4. The maximum absolute atomic E-state index is 12.9. The Morgan fingerprint density at radius 2 is 1.87 bits per heavy atom. The van der Waals surface area contributed by atoms with Crippen LogP contribution in [0.5, 0.6) is 0 Å². The fourth-order valence-electron chi connectivity index (χ4n) is 3.91. The molecule has 154 valence electrons. The third kappa shape index (κ3) is 4.27. The van der Waals surface area contributed by atoms with Crippen LogP contribution in [0.3, 0.4) is 0 Å².